The van der Waals surface area contributed by atoms with Crippen LogP contribution in [0.4, 0.5) is 5.69 Å². The Kier molecular flexibility index (Phi) is 5.30. The summed E-state index contributed by atoms with van der Waals surface area (Å²) in [7, 11) is 3.34. The van der Waals surface area contributed by atoms with Crippen LogP contribution in [0, 0.1) is 10.1 Å². The van der Waals surface area contributed by atoms with Crippen LogP contribution in [0.2, 0.25) is 0 Å². The lowest BCUT2D eigenvalue weighted by Crippen LogP contribution is -2.27. The highest BCUT2D eigenvalue weighted by Crippen LogP contribution is 2.15. The molecule has 0 bridgehead atoms. The zero-order valence-corrected chi connectivity index (χ0v) is 13.1. The Hall–Kier alpha value is -2.89. The van der Waals surface area contributed by atoms with Crippen LogP contribution < -0.4 is 4.74 Å². The maximum atomic E-state index is 12.2. The number of non-ortho nitro benzene ring substituents is 1. The van der Waals surface area contributed by atoms with Crippen molar-refractivity contribution >= 4 is 11.6 Å². The summed E-state index contributed by atoms with van der Waals surface area (Å²) in [6, 6.07) is 13.6. The topological polar surface area (TPSA) is 72.7 Å². The molecule has 0 spiro atoms. The molecular formula is C17H18N2O4. The van der Waals surface area contributed by atoms with Gasteiger partial charge >= 0.3 is 0 Å². The Morgan fingerprint density at radius 1 is 1.09 bits per heavy atom. The van der Waals surface area contributed by atoms with E-state index in [1.165, 1.54) is 12.1 Å². The SMILES string of the molecule is COc1ccc(CN(C)C(=O)Cc2ccc([N+](=O)[O-])cc2)cc1. The number of nitrogens with zero attached hydrogens (tertiary/aromatic N) is 2. The number of benzene rings is 2. The Balaban J connectivity index is 1.94. The number of nitro benzene ring substituents is 1. The van der Waals surface area contributed by atoms with Gasteiger partial charge < -0.3 is 9.64 Å². The van der Waals surface area contributed by atoms with Crippen LogP contribution in [0.1, 0.15) is 11.1 Å². The highest BCUT2D eigenvalue weighted by atomic mass is 16.6. The van der Waals surface area contributed by atoms with E-state index in [2.05, 4.69) is 0 Å². The van der Waals surface area contributed by atoms with E-state index in [1.54, 1.807) is 31.2 Å². The van der Waals surface area contributed by atoms with Crippen molar-refractivity contribution in [3.05, 3.63) is 69.8 Å². The number of carbonyl (C=O) groups is 1. The number of nitro groups is 1. The third-order valence-electron chi connectivity index (χ3n) is 3.51. The third-order valence-corrected chi connectivity index (χ3v) is 3.51. The lowest BCUT2D eigenvalue weighted by atomic mass is 10.1. The van der Waals surface area contributed by atoms with Gasteiger partial charge in [-0.2, -0.15) is 0 Å². The van der Waals surface area contributed by atoms with Crippen LogP contribution in [-0.4, -0.2) is 29.9 Å². The van der Waals surface area contributed by atoms with Crippen molar-refractivity contribution in [1.29, 1.82) is 0 Å². The van der Waals surface area contributed by atoms with Crippen molar-refractivity contribution in [2.45, 2.75) is 13.0 Å². The van der Waals surface area contributed by atoms with Gasteiger partial charge in [0.25, 0.3) is 5.69 Å². The molecule has 0 N–H and O–H groups in total. The Morgan fingerprint density at radius 2 is 1.65 bits per heavy atom. The van der Waals surface area contributed by atoms with Crippen LogP contribution in [0.5, 0.6) is 5.75 Å². The fraction of sp³-hybridized carbons (Fsp3) is 0.235. The number of methoxy groups -OCH3 is 1. The normalized spacial score (nSPS) is 10.2. The van der Waals surface area contributed by atoms with Gasteiger partial charge in [-0.25, -0.2) is 0 Å². The van der Waals surface area contributed by atoms with Gasteiger partial charge in [-0.15, -0.1) is 0 Å². The predicted octanol–water partition coefficient (Wildman–Crippen LogP) is 2.80. The minimum absolute atomic E-state index is 0.0211. The average Bonchev–Trinajstić information content (AvgIpc) is 2.56. The summed E-state index contributed by atoms with van der Waals surface area (Å²) in [5.41, 5.74) is 1.78. The Labute approximate surface area is 134 Å². The molecule has 1 amide bonds. The molecule has 23 heavy (non-hydrogen) atoms. The summed E-state index contributed by atoms with van der Waals surface area (Å²) < 4.78 is 5.10. The Morgan fingerprint density at radius 3 is 2.17 bits per heavy atom. The zero-order valence-electron chi connectivity index (χ0n) is 13.1. The molecule has 0 aliphatic heterocycles. The van der Waals surface area contributed by atoms with Crippen LogP contribution in [0.3, 0.4) is 0 Å². The molecule has 0 aliphatic rings. The van der Waals surface area contributed by atoms with Crippen LogP contribution in [-0.2, 0) is 17.8 Å². The van der Waals surface area contributed by atoms with Gasteiger partial charge in [-0.3, -0.25) is 14.9 Å². The number of amides is 1. The van der Waals surface area contributed by atoms with Gasteiger partial charge in [0.05, 0.1) is 18.5 Å². The summed E-state index contributed by atoms with van der Waals surface area (Å²) in [6.45, 7) is 0.496. The molecule has 6 heteroatoms. The van der Waals surface area contributed by atoms with Crippen molar-refractivity contribution in [3.63, 3.8) is 0 Å². The highest BCUT2D eigenvalue weighted by Gasteiger charge is 2.12. The molecule has 0 saturated carbocycles. The first-order chi connectivity index (χ1) is 11.0. The molecule has 0 aromatic heterocycles. The van der Waals surface area contributed by atoms with Crippen molar-refractivity contribution < 1.29 is 14.5 Å². The minimum atomic E-state index is -0.457. The number of ether oxygens (including phenoxy) is 1. The van der Waals surface area contributed by atoms with E-state index in [9.17, 15) is 14.9 Å². The van der Waals surface area contributed by atoms with E-state index < -0.39 is 4.92 Å². The van der Waals surface area contributed by atoms with E-state index in [1.807, 2.05) is 24.3 Å². The summed E-state index contributed by atoms with van der Waals surface area (Å²) >= 11 is 0. The highest BCUT2D eigenvalue weighted by molar-refractivity contribution is 5.78. The minimum Gasteiger partial charge on any atom is -0.497 e. The van der Waals surface area contributed by atoms with Gasteiger partial charge in [0.1, 0.15) is 5.75 Å². The smallest absolute Gasteiger partial charge is 0.269 e. The summed E-state index contributed by atoms with van der Waals surface area (Å²) in [4.78, 5) is 24.0. The quantitative estimate of drug-likeness (QED) is 0.607. The van der Waals surface area contributed by atoms with E-state index >= 15 is 0 Å². The van der Waals surface area contributed by atoms with Crippen LogP contribution >= 0.6 is 0 Å². The van der Waals surface area contributed by atoms with Crippen molar-refractivity contribution in [2.24, 2.45) is 0 Å². The number of hydrogen-bond donors (Lipinski definition) is 0. The van der Waals surface area contributed by atoms with E-state index in [4.69, 9.17) is 4.74 Å². The predicted molar refractivity (Wildman–Crippen MR) is 86.3 cm³/mol. The van der Waals surface area contributed by atoms with Gasteiger partial charge in [0.15, 0.2) is 0 Å². The second-order valence-corrected chi connectivity index (χ2v) is 5.20. The molecule has 0 atom stereocenters. The first-order valence-electron chi connectivity index (χ1n) is 7.10. The molecule has 0 radical (unpaired) electrons. The molecule has 2 aromatic carbocycles. The van der Waals surface area contributed by atoms with Crippen LogP contribution in [0.25, 0.3) is 0 Å². The average molecular weight is 314 g/mol. The lowest BCUT2D eigenvalue weighted by molar-refractivity contribution is -0.384. The standard InChI is InChI=1S/C17H18N2O4/c1-18(12-14-5-9-16(23-2)10-6-14)17(20)11-13-3-7-15(8-4-13)19(21)22/h3-10H,11-12H2,1-2H3. The monoisotopic (exact) mass is 314 g/mol. The molecule has 0 unspecified atom stereocenters. The van der Waals surface area contributed by atoms with Crippen LogP contribution in [0.15, 0.2) is 48.5 Å². The van der Waals surface area contributed by atoms with E-state index in [-0.39, 0.29) is 18.0 Å². The molecule has 120 valence electrons. The molecule has 0 aliphatic carbocycles. The van der Waals surface area contributed by atoms with Gasteiger partial charge in [-0.1, -0.05) is 24.3 Å². The van der Waals surface area contributed by atoms with Gasteiger partial charge in [0.2, 0.25) is 5.91 Å². The molecule has 0 saturated heterocycles. The van der Waals surface area contributed by atoms with E-state index in [0.29, 0.717) is 6.54 Å². The first-order valence-corrected chi connectivity index (χ1v) is 7.10. The fourth-order valence-electron chi connectivity index (χ4n) is 2.14. The Bertz CT molecular complexity index is 681. The fourth-order valence-corrected chi connectivity index (χ4v) is 2.14. The largest absolute Gasteiger partial charge is 0.497 e. The molecule has 0 fully saturated rings. The number of carbonyl (C=O) groups excluding carboxylic acids is 1. The van der Waals surface area contributed by atoms with Crippen molar-refractivity contribution in [1.82, 2.24) is 4.90 Å². The molecule has 0 heterocycles. The second-order valence-electron chi connectivity index (χ2n) is 5.20. The third kappa shape index (κ3) is 4.54. The molecule has 2 aromatic rings. The zero-order chi connectivity index (χ0) is 16.8. The maximum absolute atomic E-state index is 12.2. The summed E-state index contributed by atoms with van der Waals surface area (Å²) in [6.07, 6.45) is 0.213. The summed E-state index contributed by atoms with van der Waals surface area (Å²) in [5.74, 6) is 0.725. The van der Waals surface area contributed by atoms with Crippen molar-refractivity contribution in [2.75, 3.05) is 14.2 Å². The molecule has 2 rings (SSSR count). The second kappa shape index (κ2) is 7.40. The van der Waals surface area contributed by atoms with Gasteiger partial charge in [0, 0.05) is 25.7 Å². The number of likely N-dealkylation sites (N-methyl/N-ethyl adjacent to an activating group) is 1. The van der Waals surface area contributed by atoms with Gasteiger partial charge in [-0.05, 0) is 23.3 Å². The van der Waals surface area contributed by atoms with E-state index in [0.717, 1.165) is 16.9 Å². The molecule has 6 nitrogen and oxygen atoms in total. The first kappa shape index (κ1) is 16.5. The number of hydrogen-bond acceptors (Lipinski definition) is 4. The summed E-state index contributed by atoms with van der Waals surface area (Å²) in [5, 5.41) is 10.6. The maximum Gasteiger partial charge on any atom is 0.269 e. The molecular weight excluding hydrogens is 296 g/mol. The lowest BCUT2D eigenvalue weighted by Gasteiger charge is -2.17. The number of rotatable bonds is 6. The van der Waals surface area contributed by atoms with Crippen molar-refractivity contribution in [3.8, 4) is 5.75 Å².